The van der Waals surface area contributed by atoms with Crippen molar-refractivity contribution in [1.29, 1.82) is 0 Å². The summed E-state index contributed by atoms with van der Waals surface area (Å²) in [5.41, 5.74) is 5.98. The van der Waals surface area contributed by atoms with Gasteiger partial charge in [0.2, 0.25) is 0 Å². The van der Waals surface area contributed by atoms with Gasteiger partial charge in [-0.25, -0.2) is 0 Å². The Bertz CT molecular complexity index is 143. The Morgan fingerprint density at radius 2 is 2.17 bits per heavy atom. The zero-order valence-electron chi connectivity index (χ0n) is 8.64. The van der Waals surface area contributed by atoms with E-state index in [2.05, 4.69) is 25.7 Å². The Morgan fingerprint density at radius 1 is 1.50 bits per heavy atom. The molecule has 1 aliphatic rings. The van der Waals surface area contributed by atoms with Crippen LogP contribution in [0.2, 0.25) is 0 Å². The molecule has 0 spiro atoms. The molecule has 2 heteroatoms. The maximum atomic E-state index is 5.57. The van der Waals surface area contributed by atoms with E-state index in [4.69, 9.17) is 5.73 Å². The van der Waals surface area contributed by atoms with E-state index in [0.717, 1.165) is 12.5 Å². The second kappa shape index (κ2) is 3.75. The molecule has 12 heavy (non-hydrogen) atoms. The molecule has 0 amide bonds. The summed E-state index contributed by atoms with van der Waals surface area (Å²) in [7, 11) is 0. The number of nitrogens with two attached hydrogens (primary N) is 1. The maximum Gasteiger partial charge on any atom is 0.0156 e. The normalized spacial score (nSPS) is 29.5. The van der Waals surface area contributed by atoms with Gasteiger partial charge >= 0.3 is 0 Å². The van der Waals surface area contributed by atoms with Crippen LogP contribution in [0.25, 0.3) is 0 Å². The molecule has 0 aromatic carbocycles. The lowest BCUT2D eigenvalue weighted by molar-refractivity contribution is 0.184. The highest BCUT2D eigenvalue weighted by Gasteiger charge is 2.36. The van der Waals surface area contributed by atoms with Gasteiger partial charge < -0.3 is 5.73 Å². The van der Waals surface area contributed by atoms with E-state index in [0.29, 0.717) is 5.54 Å². The van der Waals surface area contributed by atoms with Gasteiger partial charge in [-0.15, -0.1) is 0 Å². The van der Waals surface area contributed by atoms with Crippen molar-refractivity contribution in [3.8, 4) is 0 Å². The van der Waals surface area contributed by atoms with Crippen LogP contribution in [0.1, 0.15) is 33.6 Å². The minimum absolute atomic E-state index is 0.411. The van der Waals surface area contributed by atoms with Crippen LogP contribution in [-0.4, -0.2) is 30.1 Å². The molecule has 2 N–H and O–H groups in total. The van der Waals surface area contributed by atoms with Crippen LogP contribution in [0.15, 0.2) is 0 Å². The van der Waals surface area contributed by atoms with Crippen molar-refractivity contribution in [2.75, 3.05) is 19.6 Å². The smallest absolute Gasteiger partial charge is 0.0156 e. The van der Waals surface area contributed by atoms with Gasteiger partial charge in [-0.05, 0) is 45.7 Å². The van der Waals surface area contributed by atoms with E-state index in [1.54, 1.807) is 0 Å². The van der Waals surface area contributed by atoms with Gasteiger partial charge in [0.05, 0.1) is 0 Å². The lowest BCUT2D eigenvalue weighted by atomic mass is 9.94. The van der Waals surface area contributed by atoms with Crippen LogP contribution in [0, 0.1) is 5.92 Å². The Kier molecular flexibility index (Phi) is 3.13. The van der Waals surface area contributed by atoms with E-state index in [-0.39, 0.29) is 0 Å². The van der Waals surface area contributed by atoms with Gasteiger partial charge in [0.15, 0.2) is 0 Å². The van der Waals surface area contributed by atoms with Crippen LogP contribution in [0.4, 0.5) is 0 Å². The number of nitrogens with zero attached hydrogens (tertiary/aromatic N) is 1. The lowest BCUT2D eigenvalue weighted by Gasteiger charge is -2.29. The fourth-order valence-electron chi connectivity index (χ4n) is 2.45. The Morgan fingerprint density at radius 3 is 2.58 bits per heavy atom. The average Bonchev–Trinajstić information content (AvgIpc) is 2.25. The summed E-state index contributed by atoms with van der Waals surface area (Å²) in [6, 6.07) is 0. The third kappa shape index (κ3) is 1.99. The molecule has 1 heterocycles. The topological polar surface area (TPSA) is 29.3 Å². The van der Waals surface area contributed by atoms with E-state index >= 15 is 0 Å². The average molecular weight is 170 g/mol. The standard InChI is InChI=1S/C10H22N2/c1-4-12-8-9(5-6-11)7-10(12,2)3/h9H,4-8,11H2,1-3H3. The van der Waals surface area contributed by atoms with Crippen molar-refractivity contribution in [1.82, 2.24) is 4.90 Å². The molecule has 0 aliphatic carbocycles. The molecule has 1 aliphatic heterocycles. The van der Waals surface area contributed by atoms with Gasteiger partial charge in [0, 0.05) is 12.1 Å². The van der Waals surface area contributed by atoms with Gasteiger partial charge in [0.25, 0.3) is 0 Å². The molecule has 1 unspecified atom stereocenters. The number of rotatable bonds is 3. The SMILES string of the molecule is CCN1CC(CCN)CC1(C)C. The van der Waals surface area contributed by atoms with Crippen LogP contribution in [0.3, 0.4) is 0 Å². The molecule has 0 aromatic heterocycles. The summed E-state index contributed by atoms with van der Waals surface area (Å²) in [4.78, 5) is 2.56. The molecule has 72 valence electrons. The lowest BCUT2D eigenvalue weighted by Crippen LogP contribution is -2.37. The summed E-state index contributed by atoms with van der Waals surface area (Å²) >= 11 is 0. The minimum atomic E-state index is 0.411. The Hall–Kier alpha value is -0.0800. The van der Waals surface area contributed by atoms with Crippen molar-refractivity contribution in [2.24, 2.45) is 11.7 Å². The molecule has 0 saturated carbocycles. The molecule has 0 bridgehead atoms. The van der Waals surface area contributed by atoms with Gasteiger partial charge in [0.1, 0.15) is 0 Å². The fraction of sp³-hybridized carbons (Fsp3) is 1.00. The van der Waals surface area contributed by atoms with Crippen LogP contribution in [0.5, 0.6) is 0 Å². The molecular formula is C10H22N2. The molecule has 1 saturated heterocycles. The largest absolute Gasteiger partial charge is 0.330 e. The first kappa shape index (κ1) is 10.0. The predicted octanol–water partition coefficient (Wildman–Crippen LogP) is 1.46. The van der Waals surface area contributed by atoms with Crippen LogP contribution >= 0.6 is 0 Å². The molecular weight excluding hydrogens is 148 g/mol. The van der Waals surface area contributed by atoms with E-state index < -0.39 is 0 Å². The van der Waals surface area contributed by atoms with Crippen molar-refractivity contribution in [2.45, 2.75) is 39.2 Å². The zero-order chi connectivity index (χ0) is 9.19. The monoisotopic (exact) mass is 170 g/mol. The van der Waals surface area contributed by atoms with Crippen molar-refractivity contribution in [3.05, 3.63) is 0 Å². The summed E-state index contributed by atoms with van der Waals surface area (Å²) in [5.74, 6) is 0.838. The second-order valence-electron chi connectivity index (χ2n) is 4.50. The molecule has 2 nitrogen and oxygen atoms in total. The van der Waals surface area contributed by atoms with E-state index in [9.17, 15) is 0 Å². The van der Waals surface area contributed by atoms with Crippen molar-refractivity contribution >= 4 is 0 Å². The molecule has 1 fully saturated rings. The first-order chi connectivity index (χ1) is 5.60. The fourth-order valence-corrected chi connectivity index (χ4v) is 2.45. The third-order valence-corrected chi connectivity index (χ3v) is 3.08. The first-order valence-electron chi connectivity index (χ1n) is 5.05. The second-order valence-corrected chi connectivity index (χ2v) is 4.50. The predicted molar refractivity (Wildman–Crippen MR) is 53.1 cm³/mol. The van der Waals surface area contributed by atoms with E-state index in [1.165, 1.54) is 25.9 Å². The number of likely N-dealkylation sites (tertiary alicyclic amines) is 1. The summed E-state index contributed by atoms with van der Waals surface area (Å²) < 4.78 is 0. The highest BCUT2D eigenvalue weighted by Crippen LogP contribution is 2.33. The Balaban J connectivity index is 2.48. The summed E-state index contributed by atoms with van der Waals surface area (Å²) in [6.07, 6.45) is 2.51. The first-order valence-corrected chi connectivity index (χ1v) is 5.05. The van der Waals surface area contributed by atoms with Gasteiger partial charge in [-0.3, -0.25) is 4.90 Å². The summed E-state index contributed by atoms with van der Waals surface area (Å²) in [6.45, 7) is 10.2. The quantitative estimate of drug-likeness (QED) is 0.694. The van der Waals surface area contributed by atoms with Gasteiger partial charge in [-0.2, -0.15) is 0 Å². The molecule has 1 rings (SSSR count). The Labute approximate surface area is 76.1 Å². The highest BCUT2D eigenvalue weighted by atomic mass is 15.2. The van der Waals surface area contributed by atoms with Crippen molar-refractivity contribution < 1.29 is 0 Å². The van der Waals surface area contributed by atoms with E-state index in [1.807, 2.05) is 0 Å². The van der Waals surface area contributed by atoms with Crippen molar-refractivity contribution in [3.63, 3.8) is 0 Å². The summed E-state index contributed by atoms with van der Waals surface area (Å²) in [5, 5.41) is 0. The zero-order valence-corrected chi connectivity index (χ0v) is 8.64. The molecule has 0 radical (unpaired) electrons. The number of hydrogen-bond acceptors (Lipinski definition) is 2. The minimum Gasteiger partial charge on any atom is -0.330 e. The number of hydrogen-bond donors (Lipinski definition) is 1. The molecule has 0 aromatic rings. The van der Waals surface area contributed by atoms with Gasteiger partial charge in [-0.1, -0.05) is 6.92 Å². The van der Waals surface area contributed by atoms with Crippen LogP contribution in [-0.2, 0) is 0 Å². The van der Waals surface area contributed by atoms with Crippen LogP contribution < -0.4 is 5.73 Å². The molecule has 1 atom stereocenters. The maximum absolute atomic E-state index is 5.57. The third-order valence-electron chi connectivity index (χ3n) is 3.08. The highest BCUT2D eigenvalue weighted by molar-refractivity contribution is 4.91.